The van der Waals surface area contributed by atoms with Gasteiger partial charge in [-0.05, 0) is 32.4 Å². The Labute approximate surface area is 93.2 Å². The maximum absolute atomic E-state index is 12.0. The normalized spacial score (nSPS) is 11.2. The third kappa shape index (κ3) is 1.46. The van der Waals surface area contributed by atoms with Crippen LogP contribution in [0.5, 0.6) is 5.75 Å². The van der Waals surface area contributed by atoms with Gasteiger partial charge in [0.2, 0.25) is 0 Å². The maximum Gasteiger partial charge on any atom is 0.261 e. The smallest absolute Gasteiger partial charge is 0.261 e. The second-order valence-corrected chi connectivity index (χ2v) is 4.18. The van der Waals surface area contributed by atoms with Crippen LogP contribution in [-0.4, -0.2) is 14.7 Å². The van der Waals surface area contributed by atoms with Crippen molar-refractivity contribution in [3.05, 3.63) is 34.4 Å². The van der Waals surface area contributed by atoms with Crippen LogP contribution in [0.15, 0.2) is 23.3 Å². The van der Waals surface area contributed by atoms with Crippen LogP contribution < -0.4 is 5.56 Å². The Balaban J connectivity index is 2.88. The Morgan fingerprint density at radius 3 is 2.69 bits per heavy atom. The fourth-order valence-electron chi connectivity index (χ4n) is 1.66. The molecule has 4 heteroatoms. The van der Waals surface area contributed by atoms with Gasteiger partial charge in [0.15, 0.2) is 0 Å². The Morgan fingerprint density at radius 2 is 2.06 bits per heavy atom. The SMILES string of the molecule is Cc1ccc2c(=O)n(C(C)C)cnc2c1O. The highest BCUT2D eigenvalue weighted by Gasteiger charge is 2.10. The monoisotopic (exact) mass is 218 g/mol. The van der Waals surface area contributed by atoms with Gasteiger partial charge in [-0.15, -0.1) is 0 Å². The lowest BCUT2D eigenvalue weighted by molar-refractivity contribution is 0.475. The van der Waals surface area contributed by atoms with E-state index in [1.54, 1.807) is 23.6 Å². The number of fused-ring (bicyclic) bond motifs is 1. The zero-order valence-corrected chi connectivity index (χ0v) is 9.56. The molecule has 1 aromatic heterocycles. The standard InChI is InChI=1S/C12H14N2O2/c1-7(2)14-6-13-10-9(12(14)16)5-4-8(3)11(10)15/h4-7,15H,1-3H3. The fourth-order valence-corrected chi connectivity index (χ4v) is 1.66. The van der Waals surface area contributed by atoms with Crippen molar-refractivity contribution in [2.45, 2.75) is 26.8 Å². The van der Waals surface area contributed by atoms with Gasteiger partial charge in [-0.1, -0.05) is 6.07 Å². The molecule has 0 aliphatic heterocycles. The summed E-state index contributed by atoms with van der Waals surface area (Å²) < 4.78 is 1.55. The summed E-state index contributed by atoms with van der Waals surface area (Å²) in [7, 11) is 0. The summed E-state index contributed by atoms with van der Waals surface area (Å²) in [6.45, 7) is 5.62. The van der Waals surface area contributed by atoms with Crippen LogP contribution in [0.25, 0.3) is 10.9 Å². The number of aromatic hydroxyl groups is 1. The third-order valence-electron chi connectivity index (χ3n) is 2.69. The summed E-state index contributed by atoms with van der Waals surface area (Å²) in [6, 6.07) is 3.50. The summed E-state index contributed by atoms with van der Waals surface area (Å²) in [5.74, 6) is 0.0884. The molecule has 1 heterocycles. The topological polar surface area (TPSA) is 55.1 Å². The fraction of sp³-hybridized carbons (Fsp3) is 0.333. The summed E-state index contributed by atoms with van der Waals surface area (Å²) in [5.41, 5.74) is 0.985. The van der Waals surface area contributed by atoms with Crippen molar-refractivity contribution in [2.75, 3.05) is 0 Å². The van der Waals surface area contributed by atoms with Crippen molar-refractivity contribution >= 4 is 10.9 Å². The van der Waals surface area contributed by atoms with E-state index in [1.807, 2.05) is 13.8 Å². The van der Waals surface area contributed by atoms with Gasteiger partial charge in [0.1, 0.15) is 11.3 Å². The number of phenols is 1. The predicted molar refractivity (Wildman–Crippen MR) is 62.8 cm³/mol. The summed E-state index contributed by atoms with van der Waals surface area (Å²) in [4.78, 5) is 16.2. The summed E-state index contributed by atoms with van der Waals surface area (Å²) >= 11 is 0. The maximum atomic E-state index is 12.0. The van der Waals surface area contributed by atoms with Gasteiger partial charge in [0.25, 0.3) is 5.56 Å². The molecule has 0 amide bonds. The molecule has 2 rings (SSSR count). The lowest BCUT2D eigenvalue weighted by Crippen LogP contribution is -2.22. The number of nitrogens with zero attached hydrogens (tertiary/aromatic N) is 2. The van der Waals surface area contributed by atoms with Crippen molar-refractivity contribution in [2.24, 2.45) is 0 Å². The van der Waals surface area contributed by atoms with E-state index in [9.17, 15) is 9.90 Å². The van der Waals surface area contributed by atoms with Gasteiger partial charge in [0, 0.05) is 6.04 Å². The van der Waals surface area contributed by atoms with Gasteiger partial charge in [-0.3, -0.25) is 9.36 Å². The van der Waals surface area contributed by atoms with E-state index in [4.69, 9.17) is 0 Å². The average Bonchev–Trinajstić information content (AvgIpc) is 2.23. The second-order valence-electron chi connectivity index (χ2n) is 4.18. The highest BCUT2D eigenvalue weighted by Crippen LogP contribution is 2.24. The third-order valence-corrected chi connectivity index (χ3v) is 2.69. The molecule has 0 aliphatic carbocycles. The minimum atomic E-state index is -0.115. The van der Waals surface area contributed by atoms with E-state index in [-0.39, 0.29) is 17.4 Å². The molecule has 0 aliphatic rings. The highest BCUT2D eigenvalue weighted by molar-refractivity contribution is 5.84. The number of rotatable bonds is 1. The van der Waals surface area contributed by atoms with Gasteiger partial charge >= 0.3 is 0 Å². The van der Waals surface area contributed by atoms with Crippen LogP contribution in [0.4, 0.5) is 0 Å². The first-order valence-corrected chi connectivity index (χ1v) is 5.21. The first-order chi connectivity index (χ1) is 7.52. The summed E-state index contributed by atoms with van der Waals surface area (Å²) in [5, 5.41) is 10.3. The van der Waals surface area contributed by atoms with Gasteiger partial charge < -0.3 is 5.11 Å². The van der Waals surface area contributed by atoms with Crippen LogP contribution in [0.3, 0.4) is 0 Å². The number of aryl methyl sites for hydroxylation is 1. The molecule has 4 nitrogen and oxygen atoms in total. The van der Waals surface area contributed by atoms with Gasteiger partial charge in [-0.25, -0.2) is 4.98 Å². The largest absolute Gasteiger partial charge is 0.505 e. The molecule has 0 bridgehead atoms. The van der Waals surface area contributed by atoms with Gasteiger partial charge in [0.05, 0.1) is 11.7 Å². The molecular formula is C12H14N2O2. The highest BCUT2D eigenvalue weighted by atomic mass is 16.3. The molecule has 0 saturated carbocycles. The Hall–Kier alpha value is -1.84. The molecule has 0 unspecified atom stereocenters. The first kappa shape index (κ1) is 10.7. The Kier molecular flexibility index (Phi) is 2.42. The summed E-state index contributed by atoms with van der Waals surface area (Å²) in [6.07, 6.45) is 1.48. The van der Waals surface area contributed by atoms with E-state index >= 15 is 0 Å². The van der Waals surface area contributed by atoms with Crippen LogP contribution in [-0.2, 0) is 0 Å². The molecule has 1 aromatic carbocycles. The van der Waals surface area contributed by atoms with Crippen molar-refractivity contribution < 1.29 is 5.11 Å². The number of hydrogen-bond acceptors (Lipinski definition) is 3. The number of benzene rings is 1. The molecule has 2 aromatic rings. The van der Waals surface area contributed by atoms with Crippen LogP contribution in [0.1, 0.15) is 25.5 Å². The predicted octanol–water partition coefficient (Wildman–Crippen LogP) is 1.99. The molecule has 16 heavy (non-hydrogen) atoms. The van der Waals surface area contributed by atoms with E-state index in [0.717, 1.165) is 5.56 Å². The zero-order chi connectivity index (χ0) is 11.9. The molecule has 84 valence electrons. The van der Waals surface area contributed by atoms with Crippen molar-refractivity contribution in [3.8, 4) is 5.75 Å². The second kappa shape index (κ2) is 3.63. The van der Waals surface area contributed by atoms with Gasteiger partial charge in [-0.2, -0.15) is 0 Å². The zero-order valence-electron chi connectivity index (χ0n) is 9.56. The van der Waals surface area contributed by atoms with E-state index < -0.39 is 0 Å². The molecule has 0 atom stereocenters. The van der Waals surface area contributed by atoms with Crippen LogP contribution >= 0.6 is 0 Å². The molecule has 0 saturated heterocycles. The van der Waals surface area contributed by atoms with E-state index in [2.05, 4.69) is 4.98 Å². The average molecular weight is 218 g/mol. The van der Waals surface area contributed by atoms with E-state index in [1.165, 1.54) is 6.33 Å². The minimum absolute atomic E-state index is 0.0628. The molecule has 0 radical (unpaired) electrons. The van der Waals surface area contributed by atoms with Crippen molar-refractivity contribution in [3.63, 3.8) is 0 Å². The van der Waals surface area contributed by atoms with Crippen molar-refractivity contribution in [1.82, 2.24) is 9.55 Å². The van der Waals surface area contributed by atoms with Crippen LogP contribution in [0, 0.1) is 6.92 Å². The number of phenolic OH excluding ortho intramolecular Hbond substituents is 1. The molecule has 0 fully saturated rings. The van der Waals surface area contributed by atoms with Crippen molar-refractivity contribution in [1.29, 1.82) is 0 Å². The Morgan fingerprint density at radius 1 is 1.38 bits per heavy atom. The first-order valence-electron chi connectivity index (χ1n) is 5.21. The number of hydrogen-bond donors (Lipinski definition) is 1. The number of aromatic nitrogens is 2. The lowest BCUT2D eigenvalue weighted by Gasteiger charge is -2.10. The quantitative estimate of drug-likeness (QED) is 0.796. The Bertz CT molecular complexity index is 600. The molecule has 0 spiro atoms. The lowest BCUT2D eigenvalue weighted by atomic mass is 10.1. The van der Waals surface area contributed by atoms with E-state index in [0.29, 0.717) is 10.9 Å². The van der Waals surface area contributed by atoms with Crippen LogP contribution in [0.2, 0.25) is 0 Å². The molecule has 1 N–H and O–H groups in total. The minimum Gasteiger partial charge on any atom is -0.505 e. The molecular weight excluding hydrogens is 204 g/mol.